The van der Waals surface area contributed by atoms with Crippen LogP contribution in [0.5, 0.6) is 0 Å². The molecule has 2 rings (SSSR count). The molecule has 0 amide bonds. The standard InChI is InChI=1S/C11H12FN3.ClH/c12-11-2-1-10(7-9(11)8-13)15-5-3-14-4-6-15;/h1-2,7,14H,3-6H2;1H. The number of rotatable bonds is 1. The molecule has 1 heterocycles. The maximum absolute atomic E-state index is 13.1. The van der Waals surface area contributed by atoms with Gasteiger partial charge in [-0.05, 0) is 18.2 Å². The van der Waals surface area contributed by atoms with Crippen molar-refractivity contribution in [1.82, 2.24) is 5.32 Å². The van der Waals surface area contributed by atoms with E-state index in [4.69, 9.17) is 5.26 Å². The number of halogens is 2. The zero-order chi connectivity index (χ0) is 10.7. The summed E-state index contributed by atoms with van der Waals surface area (Å²) in [6.07, 6.45) is 0. The molecular weight excluding hydrogens is 229 g/mol. The highest BCUT2D eigenvalue weighted by Crippen LogP contribution is 2.18. The van der Waals surface area contributed by atoms with Gasteiger partial charge in [-0.3, -0.25) is 0 Å². The van der Waals surface area contributed by atoms with Gasteiger partial charge >= 0.3 is 0 Å². The number of nitrogens with zero attached hydrogens (tertiary/aromatic N) is 2. The Labute approximate surface area is 100 Å². The third-order valence-corrected chi connectivity index (χ3v) is 2.55. The van der Waals surface area contributed by atoms with Gasteiger partial charge in [0.2, 0.25) is 0 Å². The molecule has 1 aromatic carbocycles. The average Bonchev–Trinajstić information content (AvgIpc) is 2.31. The van der Waals surface area contributed by atoms with E-state index in [1.807, 2.05) is 6.07 Å². The maximum Gasteiger partial charge on any atom is 0.141 e. The number of nitrogens with one attached hydrogen (secondary N) is 1. The zero-order valence-electron chi connectivity index (χ0n) is 8.74. The van der Waals surface area contributed by atoms with Crippen LogP contribution in [-0.4, -0.2) is 26.2 Å². The normalized spacial score (nSPS) is 15.1. The molecule has 16 heavy (non-hydrogen) atoms. The first-order valence-corrected chi connectivity index (χ1v) is 4.96. The van der Waals surface area contributed by atoms with Gasteiger partial charge in [0.05, 0.1) is 5.56 Å². The maximum atomic E-state index is 13.1. The number of benzene rings is 1. The molecule has 5 heteroatoms. The lowest BCUT2D eigenvalue weighted by Crippen LogP contribution is -2.43. The van der Waals surface area contributed by atoms with Gasteiger partial charge in [-0.1, -0.05) is 0 Å². The molecule has 0 spiro atoms. The van der Waals surface area contributed by atoms with Crippen LogP contribution in [0.4, 0.5) is 10.1 Å². The minimum atomic E-state index is -0.448. The third-order valence-electron chi connectivity index (χ3n) is 2.55. The smallest absolute Gasteiger partial charge is 0.141 e. The first-order valence-electron chi connectivity index (χ1n) is 4.96. The van der Waals surface area contributed by atoms with Gasteiger partial charge in [0, 0.05) is 31.9 Å². The lowest BCUT2D eigenvalue weighted by atomic mass is 10.2. The van der Waals surface area contributed by atoms with E-state index in [1.54, 1.807) is 12.1 Å². The molecule has 0 aromatic heterocycles. The van der Waals surface area contributed by atoms with Gasteiger partial charge in [0.25, 0.3) is 0 Å². The topological polar surface area (TPSA) is 39.1 Å². The second-order valence-corrected chi connectivity index (χ2v) is 3.51. The summed E-state index contributed by atoms with van der Waals surface area (Å²) in [5.41, 5.74) is 1.04. The van der Waals surface area contributed by atoms with Crippen LogP contribution in [0.3, 0.4) is 0 Å². The largest absolute Gasteiger partial charge is 0.369 e. The molecule has 0 bridgehead atoms. The fourth-order valence-electron chi connectivity index (χ4n) is 1.72. The summed E-state index contributed by atoms with van der Waals surface area (Å²) < 4.78 is 13.1. The van der Waals surface area contributed by atoms with Crippen LogP contribution in [0.2, 0.25) is 0 Å². The summed E-state index contributed by atoms with van der Waals surface area (Å²) in [7, 11) is 0. The fraction of sp³-hybridized carbons (Fsp3) is 0.364. The molecule has 0 radical (unpaired) electrons. The highest BCUT2D eigenvalue weighted by Gasteiger charge is 2.12. The van der Waals surface area contributed by atoms with Crippen LogP contribution in [-0.2, 0) is 0 Å². The minimum Gasteiger partial charge on any atom is -0.369 e. The van der Waals surface area contributed by atoms with Crippen LogP contribution in [0.15, 0.2) is 18.2 Å². The predicted octanol–water partition coefficient (Wildman–Crippen LogP) is 1.53. The van der Waals surface area contributed by atoms with Gasteiger partial charge in [-0.25, -0.2) is 4.39 Å². The molecular formula is C11H13ClFN3. The Bertz CT molecular complexity index is 397. The van der Waals surface area contributed by atoms with Crippen LogP contribution in [0.25, 0.3) is 0 Å². The van der Waals surface area contributed by atoms with Crippen molar-refractivity contribution in [2.45, 2.75) is 0 Å². The molecule has 1 aromatic rings. The van der Waals surface area contributed by atoms with Crippen LogP contribution in [0, 0.1) is 17.1 Å². The molecule has 3 nitrogen and oxygen atoms in total. The molecule has 1 fully saturated rings. The summed E-state index contributed by atoms with van der Waals surface area (Å²) in [4.78, 5) is 2.15. The Morgan fingerprint density at radius 2 is 2.00 bits per heavy atom. The van der Waals surface area contributed by atoms with E-state index < -0.39 is 5.82 Å². The van der Waals surface area contributed by atoms with Crippen molar-refractivity contribution in [3.05, 3.63) is 29.6 Å². The van der Waals surface area contributed by atoms with Gasteiger partial charge in [-0.15, -0.1) is 12.4 Å². The summed E-state index contributed by atoms with van der Waals surface area (Å²) >= 11 is 0. The monoisotopic (exact) mass is 241 g/mol. The highest BCUT2D eigenvalue weighted by atomic mass is 35.5. The molecule has 0 atom stereocenters. The van der Waals surface area contributed by atoms with E-state index in [9.17, 15) is 4.39 Å². The van der Waals surface area contributed by atoms with Crippen molar-refractivity contribution < 1.29 is 4.39 Å². The third kappa shape index (κ3) is 2.63. The van der Waals surface area contributed by atoms with E-state index >= 15 is 0 Å². The Hall–Kier alpha value is -1.31. The molecule has 0 aliphatic carbocycles. The molecule has 1 saturated heterocycles. The van der Waals surface area contributed by atoms with Gasteiger partial charge < -0.3 is 10.2 Å². The summed E-state index contributed by atoms with van der Waals surface area (Å²) in [5, 5.41) is 12.0. The van der Waals surface area contributed by atoms with Crippen molar-refractivity contribution in [2.75, 3.05) is 31.1 Å². The van der Waals surface area contributed by atoms with E-state index in [1.165, 1.54) is 6.07 Å². The molecule has 1 N–H and O–H groups in total. The van der Waals surface area contributed by atoms with Crippen molar-refractivity contribution >= 4 is 18.1 Å². The van der Waals surface area contributed by atoms with Crippen molar-refractivity contribution in [3.63, 3.8) is 0 Å². The predicted molar refractivity (Wildman–Crippen MR) is 63.4 cm³/mol. The number of hydrogen-bond acceptors (Lipinski definition) is 3. The SMILES string of the molecule is Cl.N#Cc1cc(N2CCNCC2)ccc1F. The Balaban J connectivity index is 0.00000128. The number of nitriles is 1. The van der Waals surface area contributed by atoms with Crippen LogP contribution in [0.1, 0.15) is 5.56 Å². The molecule has 0 unspecified atom stereocenters. The van der Waals surface area contributed by atoms with E-state index in [-0.39, 0.29) is 18.0 Å². The van der Waals surface area contributed by atoms with E-state index in [2.05, 4.69) is 10.2 Å². The molecule has 1 aliphatic rings. The van der Waals surface area contributed by atoms with Gasteiger partial charge in [0.1, 0.15) is 11.9 Å². The van der Waals surface area contributed by atoms with E-state index in [0.29, 0.717) is 0 Å². The summed E-state index contributed by atoms with van der Waals surface area (Å²) in [5.74, 6) is -0.448. The number of anilines is 1. The summed E-state index contributed by atoms with van der Waals surface area (Å²) in [6, 6.07) is 6.55. The molecule has 86 valence electrons. The lowest BCUT2D eigenvalue weighted by Gasteiger charge is -2.29. The molecule has 1 aliphatic heterocycles. The van der Waals surface area contributed by atoms with Crippen molar-refractivity contribution in [2.24, 2.45) is 0 Å². The van der Waals surface area contributed by atoms with Crippen LogP contribution >= 0.6 is 12.4 Å². The summed E-state index contributed by atoms with van der Waals surface area (Å²) in [6.45, 7) is 3.66. The number of hydrogen-bond donors (Lipinski definition) is 1. The Kier molecular flexibility index (Phi) is 4.53. The molecule has 0 saturated carbocycles. The average molecular weight is 242 g/mol. The Morgan fingerprint density at radius 1 is 1.31 bits per heavy atom. The Morgan fingerprint density at radius 3 is 2.62 bits per heavy atom. The van der Waals surface area contributed by atoms with E-state index in [0.717, 1.165) is 31.9 Å². The first-order chi connectivity index (χ1) is 7.31. The minimum absolute atomic E-state index is 0. The fourth-order valence-corrected chi connectivity index (χ4v) is 1.72. The second-order valence-electron chi connectivity index (χ2n) is 3.51. The highest BCUT2D eigenvalue weighted by molar-refractivity contribution is 5.85. The van der Waals surface area contributed by atoms with Crippen LogP contribution < -0.4 is 10.2 Å². The number of piperazine rings is 1. The first kappa shape index (κ1) is 12.8. The van der Waals surface area contributed by atoms with Gasteiger partial charge in [0.15, 0.2) is 0 Å². The lowest BCUT2D eigenvalue weighted by molar-refractivity contribution is 0.587. The van der Waals surface area contributed by atoms with Gasteiger partial charge in [-0.2, -0.15) is 5.26 Å². The second kappa shape index (κ2) is 5.69. The van der Waals surface area contributed by atoms with Crippen molar-refractivity contribution in [3.8, 4) is 6.07 Å². The van der Waals surface area contributed by atoms with Crippen molar-refractivity contribution in [1.29, 1.82) is 5.26 Å². The quantitative estimate of drug-likeness (QED) is 0.811. The zero-order valence-corrected chi connectivity index (χ0v) is 9.56.